The molecule has 0 radical (unpaired) electrons. The number of carbonyl (C=O) groups excluding carboxylic acids is 1. The smallest absolute Gasteiger partial charge is 0.222 e. The van der Waals surface area contributed by atoms with Crippen molar-refractivity contribution in [2.24, 2.45) is 5.92 Å². The van der Waals surface area contributed by atoms with Gasteiger partial charge >= 0.3 is 0 Å². The predicted octanol–water partition coefficient (Wildman–Crippen LogP) is 1.95. The van der Waals surface area contributed by atoms with E-state index in [2.05, 4.69) is 48.2 Å². The van der Waals surface area contributed by atoms with Gasteiger partial charge in [0.2, 0.25) is 5.91 Å². The van der Waals surface area contributed by atoms with Crippen LogP contribution in [0.1, 0.15) is 24.0 Å². The Labute approximate surface area is 121 Å². The molecule has 1 fully saturated rings. The molecule has 1 aromatic rings. The summed E-state index contributed by atoms with van der Waals surface area (Å²) in [5.41, 5.74) is 2.88. The average molecular weight is 272 g/mol. The van der Waals surface area contributed by atoms with Gasteiger partial charge in [-0.3, -0.25) is 4.79 Å². The van der Waals surface area contributed by atoms with Gasteiger partial charge in [0.05, 0.1) is 0 Å². The van der Waals surface area contributed by atoms with Gasteiger partial charge in [0.15, 0.2) is 0 Å². The summed E-state index contributed by atoms with van der Waals surface area (Å²) in [6.07, 6.45) is 3.98. The highest BCUT2D eigenvalue weighted by Gasteiger charge is 2.30. The maximum absolute atomic E-state index is 12.4. The Morgan fingerprint density at radius 1 is 1.25 bits per heavy atom. The molecule has 1 aromatic carbocycles. The largest absolute Gasteiger partial charge is 0.341 e. The van der Waals surface area contributed by atoms with Crippen LogP contribution in [0.15, 0.2) is 24.3 Å². The van der Waals surface area contributed by atoms with Gasteiger partial charge in [-0.25, -0.2) is 0 Å². The van der Waals surface area contributed by atoms with Crippen molar-refractivity contribution in [2.45, 2.75) is 31.7 Å². The molecule has 1 heterocycles. The first-order chi connectivity index (χ1) is 9.63. The van der Waals surface area contributed by atoms with Crippen LogP contribution < -0.4 is 0 Å². The molecule has 0 aromatic heterocycles. The normalized spacial score (nSPS) is 22.6. The highest BCUT2D eigenvalue weighted by Crippen LogP contribution is 2.29. The number of hydrogen-bond acceptors (Lipinski definition) is 2. The summed E-state index contributed by atoms with van der Waals surface area (Å²) < 4.78 is 0. The highest BCUT2D eigenvalue weighted by molar-refractivity contribution is 5.77. The van der Waals surface area contributed by atoms with E-state index in [9.17, 15) is 4.79 Å². The highest BCUT2D eigenvalue weighted by atomic mass is 16.2. The Morgan fingerprint density at radius 2 is 1.90 bits per heavy atom. The van der Waals surface area contributed by atoms with Crippen molar-refractivity contribution in [1.82, 2.24) is 9.80 Å². The van der Waals surface area contributed by atoms with Crippen LogP contribution in [0, 0.1) is 5.92 Å². The van der Waals surface area contributed by atoms with Crippen LogP contribution in [0.2, 0.25) is 0 Å². The van der Waals surface area contributed by atoms with Crippen molar-refractivity contribution < 1.29 is 4.79 Å². The molecule has 1 amide bonds. The number of nitrogens with zero attached hydrogens (tertiary/aromatic N) is 2. The molecule has 0 spiro atoms. The van der Waals surface area contributed by atoms with Crippen LogP contribution in [0.25, 0.3) is 0 Å². The first kappa shape index (κ1) is 13.6. The molecule has 0 saturated carbocycles. The summed E-state index contributed by atoms with van der Waals surface area (Å²) in [6.45, 7) is 1.84. The minimum atomic E-state index is 0.354. The lowest BCUT2D eigenvalue weighted by Gasteiger charge is -2.21. The Hall–Kier alpha value is -1.35. The fraction of sp³-hybridized carbons (Fsp3) is 0.588. The number of likely N-dealkylation sites (tertiary alicyclic amines) is 1. The first-order valence-electron chi connectivity index (χ1n) is 7.64. The Balaban J connectivity index is 1.54. The summed E-state index contributed by atoms with van der Waals surface area (Å²) in [6, 6.07) is 9.16. The van der Waals surface area contributed by atoms with Crippen molar-refractivity contribution >= 4 is 5.91 Å². The van der Waals surface area contributed by atoms with E-state index in [1.54, 1.807) is 0 Å². The van der Waals surface area contributed by atoms with Crippen molar-refractivity contribution in [3.63, 3.8) is 0 Å². The molecule has 3 nitrogen and oxygen atoms in total. The van der Waals surface area contributed by atoms with Gasteiger partial charge in [-0.2, -0.15) is 0 Å². The van der Waals surface area contributed by atoms with E-state index in [0.717, 1.165) is 38.8 Å². The van der Waals surface area contributed by atoms with E-state index in [4.69, 9.17) is 0 Å². The molecule has 0 N–H and O–H groups in total. The van der Waals surface area contributed by atoms with Crippen molar-refractivity contribution in [3.8, 4) is 0 Å². The summed E-state index contributed by atoms with van der Waals surface area (Å²) in [5.74, 6) is 0.866. The molecule has 1 saturated heterocycles. The molecular formula is C17H24N2O. The maximum Gasteiger partial charge on any atom is 0.222 e. The predicted molar refractivity (Wildman–Crippen MR) is 80.6 cm³/mol. The lowest BCUT2D eigenvalue weighted by molar-refractivity contribution is -0.131. The van der Waals surface area contributed by atoms with Crippen molar-refractivity contribution in [2.75, 3.05) is 27.2 Å². The van der Waals surface area contributed by atoms with Crippen LogP contribution in [0.3, 0.4) is 0 Å². The molecular weight excluding hydrogens is 248 g/mol. The van der Waals surface area contributed by atoms with Gasteiger partial charge in [-0.05, 0) is 50.4 Å². The quantitative estimate of drug-likeness (QED) is 0.840. The Bertz CT molecular complexity index is 473. The lowest BCUT2D eigenvalue weighted by Crippen LogP contribution is -2.35. The van der Waals surface area contributed by atoms with Gasteiger partial charge in [0, 0.05) is 25.6 Å². The third kappa shape index (κ3) is 2.73. The van der Waals surface area contributed by atoms with Crippen LogP contribution in [-0.2, 0) is 17.6 Å². The Morgan fingerprint density at radius 3 is 2.45 bits per heavy atom. The molecule has 0 unspecified atom stereocenters. The number of hydrogen-bond donors (Lipinski definition) is 0. The van der Waals surface area contributed by atoms with E-state index >= 15 is 0 Å². The van der Waals surface area contributed by atoms with E-state index in [1.165, 1.54) is 11.1 Å². The molecule has 3 heteroatoms. The third-order valence-corrected chi connectivity index (χ3v) is 4.85. The molecule has 1 aliphatic heterocycles. The summed E-state index contributed by atoms with van der Waals surface area (Å²) in [4.78, 5) is 16.7. The van der Waals surface area contributed by atoms with Gasteiger partial charge < -0.3 is 9.80 Å². The van der Waals surface area contributed by atoms with E-state index in [1.807, 2.05) is 0 Å². The number of amides is 1. The van der Waals surface area contributed by atoms with Crippen molar-refractivity contribution in [3.05, 3.63) is 35.4 Å². The molecule has 3 rings (SSSR count). The van der Waals surface area contributed by atoms with Gasteiger partial charge in [0.1, 0.15) is 0 Å². The molecule has 1 aliphatic carbocycles. The molecule has 20 heavy (non-hydrogen) atoms. The van der Waals surface area contributed by atoms with Crippen molar-refractivity contribution in [1.29, 1.82) is 0 Å². The summed E-state index contributed by atoms with van der Waals surface area (Å²) in [7, 11) is 4.21. The number of likely N-dealkylation sites (N-methyl/N-ethyl adjacent to an activating group) is 1. The number of fused-ring (bicyclic) bond motifs is 1. The second-order valence-electron chi connectivity index (χ2n) is 6.49. The summed E-state index contributed by atoms with van der Waals surface area (Å²) >= 11 is 0. The standard InChI is InChI=1S/C17H24N2O/c1-18(2)16-7-8-19(12-16)17(20)11-13-9-14-5-3-4-6-15(14)10-13/h3-6,13,16H,7-12H2,1-2H3/t16-/m1/s1. The second kappa shape index (κ2) is 5.57. The van der Waals surface area contributed by atoms with E-state index < -0.39 is 0 Å². The molecule has 2 aliphatic rings. The lowest BCUT2D eigenvalue weighted by atomic mass is 10.0. The minimum absolute atomic E-state index is 0.354. The minimum Gasteiger partial charge on any atom is -0.341 e. The van der Waals surface area contributed by atoms with Crippen LogP contribution >= 0.6 is 0 Å². The van der Waals surface area contributed by atoms with Gasteiger partial charge in [-0.15, -0.1) is 0 Å². The third-order valence-electron chi connectivity index (χ3n) is 4.85. The van der Waals surface area contributed by atoms with Crippen LogP contribution in [0.4, 0.5) is 0 Å². The van der Waals surface area contributed by atoms with Gasteiger partial charge in [0.25, 0.3) is 0 Å². The van der Waals surface area contributed by atoms with E-state index in [0.29, 0.717) is 17.9 Å². The first-order valence-corrected chi connectivity index (χ1v) is 7.64. The molecule has 0 bridgehead atoms. The number of carbonyl (C=O) groups is 1. The van der Waals surface area contributed by atoms with Crippen LogP contribution in [-0.4, -0.2) is 48.9 Å². The summed E-state index contributed by atoms with van der Waals surface area (Å²) in [5, 5.41) is 0. The second-order valence-corrected chi connectivity index (χ2v) is 6.49. The van der Waals surface area contributed by atoms with Crippen LogP contribution in [0.5, 0.6) is 0 Å². The van der Waals surface area contributed by atoms with E-state index in [-0.39, 0.29) is 0 Å². The zero-order valence-electron chi connectivity index (χ0n) is 12.5. The number of rotatable bonds is 3. The maximum atomic E-state index is 12.4. The average Bonchev–Trinajstić information content (AvgIpc) is 3.04. The molecule has 108 valence electrons. The fourth-order valence-electron chi connectivity index (χ4n) is 3.56. The fourth-order valence-corrected chi connectivity index (χ4v) is 3.56. The molecule has 1 atom stereocenters. The Kier molecular flexibility index (Phi) is 3.79. The van der Waals surface area contributed by atoms with Gasteiger partial charge in [-0.1, -0.05) is 24.3 Å². The zero-order valence-corrected chi connectivity index (χ0v) is 12.5. The zero-order chi connectivity index (χ0) is 14.1. The topological polar surface area (TPSA) is 23.6 Å². The number of benzene rings is 1. The monoisotopic (exact) mass is 272 g/mol. The SMILES string of the molecule is CN(C)[C@@H]1CCN(C(=O)CC2Cc3ccccc3C2)C1.